The number of halogens is 20. The van der Waals surface area contributed by atoms with Crippen molar-refractivity contribution >= 4 is 28.0 Å². The monoisotopic (exact) mass is 802 g/mol. The maximum Gasteiger partial charge on any atom is 0.259 e. The minimum atomic E-state index is -7.22. The van der Waals surface area contributed by atoms with Crippen LogP contribution < -0.4 is 21.9 Å². The van der Waals surface area contributed by atoms with Crippen molar-refractivity contribution in [2.75, 3.05) is 0 Å². The summed E-state index contributed by atoms with van der Waals surface area (Å²) in [5, 5.41) is 7.44. The summed E-state index contributed by atoms with van der Waals surface area (Å²) in [5.74, 6) is -70.7. The normalized spacial score (nSPS) is 11.6. The maximum atomic E-state index is 15.4. The number of hydrogen-bond acceptors (Lipinski definition) is 0. The molecule has 0 saturated heterocycles. The molecule has 0 fully saturated rings. The Bertz CT molecular complexity index is 1980. The lowest BCUT2D eigenvalue weighted by Gasteiger charge is -2.44. The predicted octanol–water partition coefficient (Wildman–Crippen LogP) is 7.59. The van der Waals surface area contributed by atoms with E-state index in [9.17, 15) is 52.7 Å². The molecule has 0 atom stereocenters. The molecule has 5 aromatic carbocycles. The average Bonchev–Trinajstić information content (AvgIpc) is 3.13. The molecule has 5 rings (SSSR count). The molecule has 0 spiro atoms. The van der Waals surface area contributed by atoms with E-state index in [0.717, 1.165) is 11.1 Å². The van der Waals surface area contributed by atoms with Crippen LogP contribution in [-0.2, 0) is 0 Å². The standard InChI is InChI=1S/C24BF20.C8H10O/c26-5-1(6(27)14(35)21(42)13(5)34)25(2-7(28)15(36)22(43)16(37)8(2)29,3-9(30)17(38)23(44)18(39)10(3)31)4-11(32)19(40)24(45)20(41)12(4)33;1-6-4-3-5-7(2)8(6)9/h;3-5,9H,1-2H3/q-1;/p+1. The second-order valence-electron chi connectivity index (χ2n) is 11.1. The second-order valence-corrected chi connectivity index (χ2v) is 11.1. The number of rotatable bonds is 4. The van der Waals surface area contributed by atoms with E-state index in [1.807, 2.05) is 32.0 Å². The lowest BCUT2D eigenvalue weighted by molar-refractivity contribution is 0.378. The van der Waals surface area contributed by atoms with E-state index < -0.39 is 144 Å². The van der Waals surface area contributed by atoms with Crippen molar-refractivity contribution in [1.29, 1.82) is 0 Å². The van der Waals surface area contributed by atoms with Crippen molar-refractivity contribution in [3.63, 3.8) is 0 Å². The summed E-state index contributed by atoms with van der Waals surface area (Å²) in [4.78, 5) is 0. The summed E-state index contributed by atoms with van der Waals surface area (Å²) in [6.07, 6.45) is -7.22. The van der Waals surface area contributed by atoms with Gasteiger partial charge in [-0.2, -0.15) is 0 Å². The van der Waals surface area contributed by atoms with E-state index in [-0.39, 0.29) is 0 Å². The Balaban J connectivity index is 0.000000631. The number of para-hydroxylation sites is 1. The molecule has 0 amide bonds. The summed E-state index contributed by atoms with van der Waals surface area (Å²) in [6.45, 7) is 3.91. The molecule has 0 aliphatic rings. The van der Waals surface area contributed by atoms with Crippen LogP contribution in [0.3, 0.4) is 0 Å². The van der Waals surface area contributed by atoms with Gasteiger partial charge in [0.15, 0.2) is 69.8 Å². The molecule has 2 N–H and O–H groups in total. The van der Waals surface area contributed by atoms with Gasteiger partial charge in [0.25, 0.3) is 5.75 Å². The van der Waals surface area contributed by atoms with Gasteiger partial charge < -0.3 is 5.11 Å². The predicted molar refractivity (Wildman–Crippen MR) is 148 cm³/mol. The number of benzene rings is 5. The van der Waals surface area contributed by atoms with Gasteiger partial charge in [0, 0.05) is 11.1 Å². The van der Waals surface area contributed by atoms with Gasteiger partial charge in [0.1, 0.15) is 52.7 Å². The summed E-state index contributed by atoms with van der Waals surface area (Å²) in [7, 11) is 0. The van der Waals surface area contributed by atoms with Gasteiger partial charge in [0.2, 0.25) is 0 Å². The van der Waals surface area contributed by atoms with Gasteiger partial charge in [-0.15, -0.1) is 21.9 Å². The van der Waals surface area contributed by atoms with Crippen LogP contribution in [0, 0.1) is 130 Å². The van der Waals surface area contributed by atoms with Crippen molar-refractivity contribution in [3.05, 3.63) is 146 Å². The molecule has 0 unspecified atom stereocenters. The van der Waals surface area contributed by atoms with Crippen molar-refractivity contribution in [2.24, 2.45) is 0 Å². The van der Waals surface area contributed by atoms with Crippen molar-refractivity contribution in [2.45, 2.75) is 13.8 Å². The first-order valence-electron chi connectivity index (χ1n) is 13.9. The molecule has 0 heterocycles. The van der Waals surface area contributed by atoms with Crippen LogP contribution in [0.4, 0.5) is 87.8 Å². The quantitative estimate of drug-likeness (QED) is 0.0589. The third kappa shape index (κ3) is 5.85. The molecule has 1 nitrogen and oxygen atoms in total. The average molecular weight is 802 g/mol. The van der Waals surface area contributed by atoms with Crippen LogP contribution in [0.5, 0.6) is 5.75 Å². The Morgan fingerprint density at radius 3 is 0.593 bits per heavy atom. The fraction of sp³-hybridized carbons (Fsp3) is 0.0625. The molecule has 0 aromatic heterocycles. The summed E-state index contributed by atoms with van der Waals surface area (Å²) >= 11 is 0. The molecular formula is C32H11BF20O. The number of aryl methyl sites for hydroxylation is 2. The van der Waals surface area contributed by atoms with Crippen LogP contribution in [0.1, 0.15) is 11.1 Å². The summed E-state index contributed by atoms with van der Waals surface area (Å²) in [6, 6.07) is 5.88. The third-order valence-electron chi connectivity index (χ3n) is 8.19. The SMILES string of the molecule is Cc1cccc(C)c1[OH2+].Fc1c(F)c(F)c([B-](c2c(F)c(F)c(F)c(F)c2F)(c2c(F)c(F)c(F)c(F)c2F)c2c(F)c(F)c(F)c(F)c2F)c(F)c1F. The Hall–Kier alpha value is -5.44. The van der Waals surface area contributed by atoms with Crippen molar-refractivity contribution in [3.8, 4) is 5.75 Å². The van der Waals surface area contributed by atoms with Crippen LogP contribution >= 0.6 is 0 Å². The van der Waals surface area contributed by atoms with Crippen molar-refractivity contribution in [1.82, 2.24) is 0 Å². The Kier molecular flexibility index (Phi) is 11.0. The molecule has 0 bridgehead atoms. The molecule has 0 aliphatic carbocycles. The zero-order valence-electron chi connectivity index (χ0n) is 25.9. The first-order valence-corrected chi connectivity index (χ1v) is 13.9. The minimum Gasteiger partial charge on any atom is -0.593 e. The topological polar surface area (TPSA) is 22.9 Å². The largest absolute Gasteiger partial charge is 0.593 e. The van der Waals surface area contributed by atoms with Crippen LogP contribution in [0.15, 0.2) is 18.2 Å². The molecular weight excluding hydrogens is 791 g/mol. The minimum absolute atomic E-state index is 0.664. The highest BCUT2D eigenvalue weighted by atomic mass is 19.2. The van der Waals surface area contributed by atoms with Gasteiger partial charge in [-0.3, -0.25) is 0 Å². The van der Waals surface area contributed by atoms with Gasteiger partial charge in [-0.1, -0.05) is 18.2 Å². The van der Waals surface area contributed by atoms with Gasteiger partial charge in [0.05, 0.1) is 0 Å². The molecule has 0 saturated carbocycles. The molecule has 22 heteroatoms. The highest BCUT2D eigenvalue weighted by molar-refractivity contribution is 7.20. The summed E-state index contributed by atoms with van der Waals surface area (Å²) in [5.41, 5.74) is -12.2. The van der Waals surface area contributed by atoms with Crippen molar-refractivity contribution < 1.29 is 92.9 Å². The molecule has 54 heavy (non-hydrogen) atoms. The van der Waals surface area contributed by atoms with E-state index in [2.05, 4.69) is 0 Å². The first kappa shape index (κ1) is 41.3. The highest BCUT2D eigenvalue weighted by Crippen LogP contribution is 2.30. The highest BCUT2D eigenvalue weighted by Gasteiger charge is 2.52. The third-order valence-corrected chi connectivity index (χ3v) is 8.19. The van der Waals surface area contributed by atoms with E-state index in [1.54, 1.807) is 0 Å². The van der Waals surface area contributed by atoms with E-state index in [0.29, 0.717) is 5.75 Å². The van der Waals surface area contributed by atoms with Crippen LogP contribution in [0.25, 0.3) is 0 Å². The first-order chi connectivity index (χ1) is 24.9. The van der Waals surface area contributed by atoms with E-state index in [4.69, 9.17) is 5.11 Å². The Morgan fingerprint density at radius 2 is 0.444 bits per heavy atom. The smallest absolute Gasteiger partial charge is 0.259 e. The summed E-state index contributed by atoms with van der Waals surface area (Å²) < 4.78 is 294. The fourth-order valence-corrected chi connectivity index (χ4v) is 5.69. The zero-order chi connectivity index (χ0) is 41.2. The van der Waals surface area contributed by atoms with Crippen LogP contribution in [-0.4, -0.2) is 11.3 Å². The number of hydrogen-bond donors (Lipinski definition) is 0. The lowest BCUT2D eigenvalue weighted by Crippen LogP contribution is -2.81. The van der Waals surface area contributed by atoms with Crippen LogP contribution in [0.2, 0.25) is 0 Å². The second kappa shape index (κ2) is 14.4. The van der Waals surface area contributed by atoms with Gasteiger partial charge >= 0.3 is 0 Å². The van der Waals surface area contributed by atoms with E-state index >= 15 is 35.1 Å². The lowest BCUT2D eigenvalue weighted by atomic mass is 9.12. The van der Waals surface area contributed by atoms with Gasteiger partial charge in [-0.25, -0.2) is 87.8 Å². The van der Waals surface area contributed by atoms with E-state index in [1.165, 1.54) is 0 Å². The fourth-order valence-electron chi connectivity index (χ4n) is 5.69. The Morgan fingerprint density at radius 1 is 0.296 bits per heavy atom. The Labute approximate surface area is 286 Å². The maximum absolute atomic E-state index is 15.4. The molecule has 288 valence electrons. The molecule has 5 aromatic rings. The molecule has 0 radical (unpaired) electrons. The van der Waals surface area contributed by atoms with Gasteiger partial charge in [-0.05, 0) is 13.8 Å². The zero-order valence-corrected chi connectivity index (χ0v) is 25.9. The molecule has 0 aliphatic heterocycles.